The van der Waals surface area contributed by atoms with Gasteiger partial charge in [0.05, 0.1) is 0 Å². The minimum Gasteiger partial charge on any atom is -0.312 e. The van der Waals surface area contributed by atoms with Crippen LogP contribution in [-0.4, -0.2) is 6.54 Å². The molecule has 0 aliphatic heterocycles. The maximum Gasteiger partial charge on any atom is 0.161 e. The maximum atomic E-state index is 13.3. The van der Waals surface area contributed by atoms with Crippen molar-refractivity contribution in [2.45, 2.75) is 13.0 Å². The molecule has 0 aliphatic carbocycles. The quantitative estimate of drug-likeness (QED) is 0.504. The third kappa shape index (κ3) is 4.26. The summed E-state index contributed by atoms with van der Waals surface area (Å²) in [5, 5.41) is 2.80. The molecule has 0 fully saturated rings. The summed E-state index contributed by atoms with van der Waals surface area (Å²) in [7, 11) is 0. The highest BCUT2D eigenvalue weighted by Crippen LogP contribution is 2.13. The summed E-state index contributed by atoms with van der Waals surface area (Å²) in [6, 6.07) is 4.42. The summed E-state index contributed by atoms with van der Waals surface area (Å²) >= 11 is 0. The molecule has 2 rings (SSSR count). The van der Waals surface area contributed by atoms with Gasteiger partial charge in [0.15, 0.2) is 11.6 Å². The van der Waals surface area contributed by atoms with Crippen molar-refractivity contribution in [2.75, 3.05) is 6.54 Å². The standard InChI is InChI=1S/C15H12F5N/c16-11-3-9(4-12(17)6-11)1-2-21-8-10-5-14(19)15(20)7-13(10)18/h3-7,21H,1-2,8H2. The fourth-order valence-electron chi connectivity index (χ4n) is 1.91. The second-order valence-corrected chi connectivity index (χ2v) is 4.56. The fraction of sp³-hybridized carbons (Fsp3) is 0.200. The molecule has 112 valence electrons. The lowest BCUT2D eigenvalue weighted by molar-refractivity contribution is 0.487. The second-order valence-electron chi connectivity index (χ2n) is 4.56. The second kappa shape index (κ2) is 6.67. The first-order valence-electron chi connectivity index (χ1n) is 6.25. The molecule has 6 heteroatoms. The van der Waals surface area contributed by atoms with Gasteiger partial charge in [-0.15, -0.1) is 0 Å². The fourth-order valence-corrected chi connectivity index (χ4v) is 1.91. The molecule has 0 spiro atoms. The van der Waals surface area contributed by atoms with Gasteiger partial charge in [-0.1, -0.05) is 0 Å². The van der Waals surface area contributed by atoms with Crippen molar-refractivity contribution in [3.05, 3.63) is 70.5 Å². The lowest BCUT2D eigenvalue weighted by atomic mass is 10.1. The molecule has 2 aromatic rings. The Morgan fingerprint density at radius 2 is 1.33 bits per heavy atom. The van der Waals surface area contributed by atoms with Crippen molar-refractivity contribution in [1.29, 1.82) is 0 Å². The number of nitrogens with one attached hydrogen (secondary N) is 1. The van der Waals surface area contributed by atoms with Crippen LogP contribution in [0.3, 0.4) is 0 Å². The largest absolute Gasteiger partial charge is 0.312 e. The van der Waals surface area contributed by atoms with Gasteiger partial charge in [0.2, 0.25) is 0 Å². The summed E-state index contributed by atoms with van der Waals surface area (Å²) in [6.45, 7) is 0.294. The normalized spacial score (nSPS) is 10.9. The molecule has 0 amide bonds. The van der Waals surface area contributed by atoms with E-state index in [9.17, 15) is 22.0 Å². The van der Waals surface area contributed by atoms with Crippen LogP contribution in [0.25, 0.3) is 0 Å². The van der Waals surface area contributed by atoms with Crippen LogP contribution in [0.1, 0.15) is 11.1 Å². The number of benzene rings is 2. The lowest BCUT2D eigenvalue weighted by Crippen LogP contribution is -2.18. The van der Waals surface area contributed by atoms with Gasteiger partial charge in [-0.25, -0.2) is 22.0 Å². The van der Waals surface area contributed by atoms with E-state index in [1.165, 1.54) is 12.1 Å². The third-order valence-corrected chi connectivity index (χ3v) is 2.92. The summed E-state index contributed by atoms with van der Waals surface area (Å²) < 4.78 is 64.9. The molecule has 0 bridgehead atoms. The number of hydrogen-bond donors (Lipinski definition) is 1. The first-order chi connectivity index (χ1) is 9.95. The van der Waals surface area contributed by atoms with Crippen LogP contribution < -0.4 is 5.32 Å². The molecule has 0 saturated heterocycles. The Morgan fingerprint density at radius 3 is 2.00 bits per heavy atom. The van der Waals surface area contributed by atoms with E-state index in [1.807, 2.05) is 0 Å². The molecule has 0 heterocycles. The van der Waals surface area contributed by atoms with E-state index in [0.717, 1.165) is 12.1 Å². The molecular formula is C15H12F5N. The van der Waals surface area contributed by atoms with Crippen LogP contribution in [-0.2, 0) is 13.0 Å². The zero-order chi connectivity index (χ0) is 15.4. The highest BCUT2D eigenvalue weighted by molar-refractivity contribution is 5.20. The van der Waals surface area contributed by atoms with Gasteiger partial charge in [0.1, 0.15) is 17.5 Å². The number of hydrogen-bond acceptors (Lipinski definition) is 1. The highest BCUT2D eigenvalue weighted by atomic mass is 19.2. The van der Waals surface area contributed by atoms with Crippen LogP contribution >= 0.6 is 0 Å². The zero-order valence-corrected chi connectivity index (χ0v) is 10.9. The Labute approximate surface area is 118 Å². The molecule has 0 aromatic heterocycles. The van der Waals surface area contributed by atoms with Gasteiger partial charge in [0.25, 0.3) is 0 Å². The van der Waals surface area contributed by atoms with E-state index < -0.39 is 29.1 Å². The zero-order valence-electron chi connectivity index (χ0n) is 10.9. The monoisotopic (exact) mass is 301 g/mol. The molecule has 1 nitrogen and oxygen atoms in total. The number of rotatable bonds is 5. The molecule has 21 heavy (non-hydrogen) atoms. The van der Waals surface area contributed by atoms with Crippen molar-refractivity contribution in [2.24, 2.45) is 0 Å². The Morgan fingerprint density at radius 1 is 0.714 bits per heavy atom. The Kier molecular flexibility index (Phi) is 4.90. The first-order valence-corrected chi connectivity index (χ1v) is 6.25. The first kappa shape index (κ1) is 15.4. The smallest absolute Gasteiger partial charge is 0.161 e. The summed E-state index contributed by atoms with van der Waals surface area (Å²) in [5.41, 5.74) is 0.435. The number of halogens is 5. The van der Waals surface area contributed by atoms with Crippen molar-refractivity contribution < 1.29 is 22.0 Å². The molecule has 1 N–H and O–H groups in total. The summed E-state index contributed by atoms with van der Waals surface area (Å²) in [4.78, 5) is 0. The Hall–Kier alpha value is -1.95. The van der Waals surface area contributed by atoms with E-state index in [4.69, 9.17) is 0 Å². The Bertz CT molecular complexity index is 622. The molecule has 2 aromatic carbocycles. The average Bonchev–Trinajstić information content (AvgIpc) is 2.39. The highest BCUT2D eigenvalue weighted by Gasteiger charge is 2.09. The Balaban J connectivity index is 1.89. The van der Waals surface area contributed by atoms with E-state index in [0.29, 0.717) is 24.6 Å². The van der Waals surface area contributed by atoms with E-state index in [1.54, 1.807) is 0 Å². The van der Waals surface area contributed by atoms with Gasteiger partial charge in [-0.05, 0) is 36.7 Å². The van der Waals surface area contributed by atoms with E-state index in [-0.39, 0.29) is 12.1 Å². The molecule has 0 radical (unpaired) electrons. The lowest BCUT2D eigenvalue weighted by Gasteiger charge is -2.07. The van der Waals surface area contributed by atoms with Crippen LogP contribution in [0.4, 0.5) is 22.0 Å². The SMILES string of the molecule is Fc1cc(F)cc(CCNCc2cc(F)c(F)cc2F)c1. The predicted octanol–water partition coefficient (Wildman–Crippen LogP) is 3.71. The average molecular weight is 301 g/mol. The molecule has 0 saturated carbocycles. The predicted molar refractivity (Wildman–Crippen MR) is 68.1 cm³/mol. The van der Waals surface area contributed by atoms with Crippen molar-refractivity contribution in [1.82, 2.24) is 5.32 Å². The topological polar surface area (TPSA) is 12.0 Å². The summed E-state index contributed by atoms with van der Waals surface area (Å²) in [6.07, 6.45) is 0.319. The van der Waals surface area contributed by atoms with Crippen LogP contribution in [0.2, 0.25) is 0 Å². The third-order valence-electron chi connectivity index (χ3n) is 2.92. The molecular weight excluding hydrogens is 289 g/mol. The van der Waals surface area contributed by atoms with Crippen molar-refractivity contribution in [3.8, 4) is 0 Å². The molecule has 0 aliphatic rings. The van der Waals surface area contributed by atoms with Crippen LogP contribution in [0.5, 0.6) is 0 Å². The van der Waals surface area contributed by atoms with E-state index in [2.05, 4.69) is 5.32 Å². The van der Waals surface area contributed by atoms with Gasteiger partial charge in [0, 0.05) is 24.2 Å². The van der Waals surface area contributed by atoms with E-state index >= 15 is 0 Å². The van der Waals surface area contributed by atoms with Gasteiger partial charge < -0.3 is 5.32 Å². The van der Waals surface area contributed by atoms with Crippen molar-refractivity contribution >= 4 is 0 Å². The maximum absolute atomic E-state index is 13.3. The van der Waals surface area contributed by atoms with Gasteiger partial charge in [-0.2, -0.15) is 0 Å². The van der Waals surface area contributed by atoms with Crippen LogP contribution in [0, 0.1) is 29.1 Å². The van der Waals surface area contributed by atoms with Gasteiger partial charge >= 0.3 is 0 Å². The molecule has 0 unspecified atom stereocenters. The minimum atomic E-state index is -1.24. The van der Waals surface area contributed by atoms with Crippen molar-refractivity contribution in [3.63, 3.8) is 0 Å². The van der Waals surface area contributed by atoms with Crippen LogP contribution in [0.15, 0.2) is 30.3 Å². The molecule has 0 atom stereocenters. The van der Waals surface area contributed by atoms with Gasteiger partial charge in [-0.3, -0.25) is 0 Å². The summed E-state index contributed by atoms with van der Waals surface area (Å²) in [5.74, 6) is -4.56. The minimum absolute atomic E-state index is 0.0131.